The minimum absolute atomic E-state index is 0.245. The summed E-state index contributed by atoms with van der Waals surface area (Å²) in [5.74, 6) is -0.955. The molecule has 0 aromatic heterocycles. The van der Waals surface area contributed by atoms with Crippen LogP contribution in [0.5, 0.6) is 0 Å². The van der Waals surface area contributed by atoms with Crippen LogP contribution in [0.15, 0.2) is 35.3 Å². The molecule has 0 unspecified atom stereocenters. The maximum Gasteiger partial charge on any atom is 0.338 e. The molecule has 1 aromatic rings. The minimum atomic E-state index is -0.955. The van der Waals surface area contributed by atoms with E-state index in [0.717, 1.165) is 0 Å². The Bertz CT molecular complexity index is 363. The van der Waals surface area contributed by atoms with Crippen LogP contribution in [-0.4, -0.2) is 17.6 Å². The number of rotatable bonds is 4. The standard InChI is InChI=1S/C10H10BrNO2/c1-2-6-12-8-5-3-4-7(11)9(8)10(13)14/h2-5,12H,1,6H2,(H,13,14). The number of aromatic carboxylic acids is 1. The van der Waals surface area contributed by atoms with E-state index in [-0.39, 0.29) is 5.56 Å². The first kappa shape index (κ1) is 10.8. The molecule has 0 heterocycles. The third kappa shape index (κ3) is 2.35. The van der Waals surface area contributed by atoms with Crippen molar-refractivity contribution in [3.05, 3.63) is 40.9 Å². The van der Waals surface area contributed by atoms with Crippen molar-refractivity contribution in [2.45, 2.75) is 0 Å². The molecule has 0 aliphatic carbocycles. The monoisotopic (exact) mass is 255 g/mol. The second-order valence-electron chi connectivity index (χ2n) is 2.64. The zero-order chi connectivity index (χ0) is 10.6. The SMILES string of the molecule is C=CCNc1cccc(Br)c1C(=O)O. The first-order chi connectivity index (χ1) is 6.66. The summed E-state index contributed by atoms with van der Waals surface area (Å²) >= 11 is 3.19. The van der Waals surface area contributed by atoms with Gasteiger partial charge in [0, 0.05) is 11.0 Å². The number of carbonyl (C=O) groups is 1. The summed E-state index contributed by atoms with van der Waals surface area (Å²) in [6, 6.07) is 5.20. The Kier molecular flexibility index (Phi) is 3.71. The number of hydrogen-bond donors (Lipinski definition) is 2. The predicted octanol–water partition coefficient (Wildman–Crippen LogP) is 2.75. The van der Waals surface area contributed by atoms with Crippen molar-refractivity contribution in [3.63, 3.8) is 0 Å². The fourth-order valence-electron chi connectivity index (χ4n) is 1.07. The van der Waals surface area contributed by atoms with Crippen LogP contribution in [0.4, 0.5) is 5.69 Å². The van der Waals surface area contributed by atoms with Crippen molar-refractivity contribution in [2.24, 2.45) is 0 Å². The normalized spacial score (nSPS) is 9.50. The lowest BCUT2D eigenvalue weighted by atomic mass is 10.2. The maximum absolute atomic E-state index is 10.9. The zero-order valence-electron chi connectivity index (χ0n) is 7.46. The molecule has 0 aliphatic heterocycles. The van der Waals surface area contributed by atoms with Crippen LogP contribution >= 0.6 is 15.9 Å². The van der Waals surface area contributed by atoms with Gasteiger partial charge in [-0.1, -0.05) is 12.1 Å². The van der Waals surface area contributed by atoms with Gasteiger partial charge in [-0.2, -0.15) is 0 Å². The van der Waals surface area contributed by atoms with E-state index >= 15 is 0 Å². The largest absolute Gasteiger partial charge is 0.478 e. The van der Waals surface area contributed by atoms with E-state index in [1.54, 1.807) is 24.3 Å². The molecule has 0 saturated heterocycles. The fraction of sp³-hybridized carbons (Fsp3) is 0.100. The minimum Gasteiger partial charge on any atom is -0.478 e. The second kappa shape index (κ2) is 4.81. The van der Waals surface area contributed by atoms with Crippen molar-refractivity contribution >= 4 is 27.6 Å². The number of hydrogen-bond acceptors (Lipinski definition) is 2. The molecule has 1 aromatic carbocycles. The Morgan fingerprint density at radius 1 is 1.64 bits per heavy atom. The van der Waals surface area contributed by atoms with Crippen molar-refractivity contribution in [2.75, 3.05) is 11.9 Å². The second-order valence-corrected chi connectivity index (χ2v) is 3.49. The molecule has 1 rings (SSSR count). The predicted molar refractivity (Wildman–Crippen MR) is 59.8 cm³/mol. The van der Waals surface area contributed by atoms with Gasteiger partial charge in [-0.15, -0.1) is 6.58 Å². The smallest absolute Gasteiger partial charge is 0.338 e. The van der Waals surface area contributed by atoms with Gasteiger partial charge in [0.1, 0.15) is 0 Å². The van der Waals surface area contributed by atoms with Crippen molar-refractivity contribution in [1.29, 1.82) is 0 Å². The molecule has 0 spiro atoms. The number of nitrogens with one attached hydrogen (secondary N) is 1. The van der Waals surface area contributed by atoms with Gasteiger partial charge in [0.25, 0.3) is 0 Å². The summed E-state index contributed by atoms with van der Waals surface area (Å²) in [5, 5.41) is 11.9. The summed E-state index contributed by atoms with van der Waals surface area (Å²) in [6.45, 7) is 4.09. The molecule has 0 radical (unpaired) electrons. The quantitative estimate of drug-likeness (QED) is 0.814. The Morgan fingerprint density at radius 2 is 2.36 bits per heavy atom. The van der Waals surface area contributed by atoms with Crippen LogP contribution in [-0.2, 0) is 0 Å². The van der Waals surface area contributed by atoms with Gasteiger partial charge in [-0.25, -0.2) is 4.79 Å². The summed E-state index contributed by atoms with van der Waals surface area (Å²) in [6.07, 6.45) is 1.67. The third-order valence-corrected chi connectivity index (χ3v) is 2.33. The molecule has 0 bridgehead atoms. The third-order valence-electron chi connectivity index (χ3n) is 1.66. The molecule has 14 heavy (non-hydrogen) atoms. The van der Waals surface area contributed by atoms with Gasteiger partial charge < -0.3 is 10.4 Å². The zero-order valence-corrected chi connectivity index (χ0v) is 9.04. The van der Waals surface area contributed by atoms with E-state index in [1.807, 2.05) is 0 Å². The highest BCUT2D eigenvalue weighted by molar-refractivity contribution is 9.10. The summed E-state index contributed by atoms with van der Waals surface area (Å²) in [7, 11) is 0. The van der Waals surface area contributed by atoms with Gasteiger partial charge in [-0.05, 0) is 28.1 Å². The van der Waals surface area contributed by atoms with Crippen LogP contribution in [0, 0.1) is 0 Å². The van der Waals surface area contributed by atoms with Crippen LogP contribution in [0.2, 0.25) is 0 Å². The van der Waals surface area contributed by atoms with Gasteiger partial charge in [0.2, 0.25) is 0 Å². The van der Waals surface area contributed by atoms with E-state index in [2.05, 4.69) is 27.8 Å². The van der Waals surface area contributed by atoms with E-state index in [1.165, 1.54) is 0 Å². The molecule has 4 heteroatoms. The molecule has 0 fully saturated rings. The number of benzene rings is 1. The first-order valence-electron chi connectivity index (χ1n) is 4.03. The Morgan fingerprint density at radius 3 is 2.93 bits per heavy atom. The molecular weight excluding hydrogens is 246 g/mol. The summed E-state index contributed by atoms with van der Waals surface area (Å²) < 4.78 is 0.569. The molecular formula is C10H10BrNO2. The molecule has 0 saturated carbocycles. The first-order valence-corrected chi connectivity index (χ1v) is 4.82. The van der Waals surface area contributed by atoms with Crippen molar-refractivity contribution < 1.29 is 9.90 Å². The van der Waals surface area contributed by atoms with Crippen molar-refractivity contribution in [3.8, 4) is 0 Å². The van der Waals surface area contributed by atoms with Crippen LogP contribution in [0.1, 0.15) is 10.4 Å². The van der Waals surface area contributed by atoms with E-state index in [4.69, 9.17) is 5.11 Å². The average molecular weight is 256 g/mol. The van der Waals surface area contributed by atoms with Crippen molar-refractivity contribution in [1.82, 2.24) is 0 Å². The Balaban J connectivity index is 3.07. The molecule has 2 N–H and O–H groups in total. The van der Waals surface area contributed by atoms with Crippen LogP contribution in [0.25, 0.3) is 0 Å². The van der Waals surface area contributed by atoms with E-state index in [0.29, 0.717) is 16.7 Å². The van der Waals surface area contributed by atoms with Gasteiger partial charge in [0.15, 0.2) is 0 Å². The number of carboxylic acid groups (broad SMARTS) is 1. The molecule has 0 aliphatic rings. The topological polar surface area (TPSA) is 49.3 Å². The van der Waals surface area contributed by atoms with Gasteiger partial charge >= 0.3 is 5.97 Å². The van der Waals surface area contributed by atoms with E-state index < -0.39 is 5.97 Å². The molecule has 0 atom stereocenters. The lowest BCUT2D eigenvalue weighted by molar-refractivity contribution is 0.0697. The maximum atomic E-state index is 10.9. The van der Waals surface area contributed by atoms with Gasteiger partial charge in [0.05, 0.1) is 11.3 Å². The summed E-state index contributed by atoms with van der Waals surface area (Å²) in [4.78, 5) is 10.9. The fourth-order valence-corrected chi connectivity index (χ4v) is 1.61. The summed E-state index contributed by atoms with van der Waals surface area (Å²) in [5.41, 5.74) is 0.834. The number of halogens is 1. The average Bonchev–Trinajstić information content (AvgIpc) is 2.14. The lowest BCUT2D eigenvalue weighted by Gasteiger charge is -2.08. The van der Waals surface area contributed by atoms with Gasteiger partial charge in [-0.3, -0.25) is 0 Å². The van der Waals surface area contributed by atoms with Crippen LogP contribution < -0.4 is 5.32 Å². The van der Waals surface area contributed by atoms with E-state index in [9.17, 15) is 4.79 Å². The Hall–Kier alpha value is -1.29. The van der Waals surface area contributed by atoms with Crippen LogP contribution in [0.3, 0.4) is 0 Å². The molecule has 0 amide bonds. The number of carboxylic acids is 1. The Labute approximate surface area is 90.6 Å². The number of anilines is 1. The lowest BCUT2D eigenvalue weighted by Crippen LogP contribution is -2.06. The molecule has 74 valence electrons. The molecule has 3 nitrogen and oxygen atoms in total. The highest BCUT2D eigenvalue weighted by Gasteiger charge is 2.12. The highest BCUT2D eigenvalue weighted by atomic mass is 79.9. The highest BCUT2D eigenvalue weighted by Crippen LogP contribution is 2.24.